The van der Waals surface area contributed by atoms with Gasteiger partial charge in [0.25, 0.3) is 11.8 Å². The van der Waals surface area contributed by atoms with Crippen molar-refractivity contribution in [2.24, 2.45) is 23.3 Å². The van der Waals surface area contributed by atoms with Crippen LogP contribution < -0.4 is 11.5 Å². The van der Waals surface area contributed by atoms with Gasteiger partial charge in [0.05, 0.1) is 11.6 Å². The number of phenols is 1. The molecule has 4 atom stereocenters. The molecule has 2 amide bonds. The van der Waals surface area contributed by atoms with Crippen molar-refractivity contribution >= 4 is 29.1 Å². The number of hydrogen-bond acceptors (Lipinski definition) is 9. The van der Waals surface area contributed by atoms with Gasteiger partial charge in [0.2, 0.25) is 5.78 Å². The average Bonchev–Trinajstić information content (AvgIpc) is 2.75. The van der Waals surface area contributed by atoms with E-state index in [2.05, 4.69) is 11.8 Å². The number of hydrogen-bond donors (Lipinski definition) is 6. The molecule has 0 spiro atoms. The smallest absolute Gasteiger partial charge is 0.293 e. The number of nitrogens with two attached hydrogens (primary N) is 2. The number of primary amides is 2. The van der Waals surface area contributed by atoms with E-state index in [0.717, 1.165) is 0 Å². The van der Waals surface area contributed by atoms with Crippen LogP contribution in [0.3, 0.4) is 0 Å². The van der Waals surface area contributed by atoms with Gasteiger partial charge in [-0.2, -0.15) is 0 Å². The van der Waals surface area contributed by atoms with Crippen LogP contribution in [0.25, 0.3) is 5.76 Å². The minimum Gasteiger partial charge on any atom is -0.508 e. The number of phenolic OH excluding ortho intramolecular Hbond substituents is 1. The molecule has 1 aromatic rings. The molecule has 0 radical (unpaired) electrons. The zero-order chi connectivity index (χ0) is 26.0. The molecule has 0 saturated heterocycles. The molecule has 0 heterocycles. The van der Waals surface area contributed by atoms with Crippen molar-refractivity contribution < 1.29 is 39.6 Å². The lowest BCUT2D eigenvalue weighted by Gasteiger charge is -2.50. The maximum Gasteiger partial charge on any atom is 0.293 e. The second-order valence-corrected chi connectivity index (χ2v) is 9.06. The summed E-state index contributed by atoms with van der Waals surface area (Å²) in [5.74, 6) is -3.44. The minimum atomic E-state index is -2.70. The fourth-order valence-electron chi connectivity index (χ4n) is 5.49. The first-order chi connectivity index (χ1) is 16.3. The number of aliphatic hydroxyl groups is 3. The van der Waals surface area contributed by atoms with E-state index in [-0.39, 0.29) is 35.3 Å². The third kappa shape index (κ3) is 3.30. The molecule has 8 N–H and O–H groups in total. The highest BCUT2D eigenvalue weighted by Crippen LogP contribution is 2.52. The first kappa shape index (κ1) is 24.0. The number of aliphatic hydroxyl groups excluding tert-OH is 2. The predicted molar refractivity (Wildman–Crippen MR) is 120 cm³/mol. The number of benzene rings is 1. The minimum absolute atomic E-state index is 0.0515. The van der Waals surface area contributed by atoms with Crippen molar-refractivity contribution in [3.05, 3.63) is 45.7 Å². The van der Waals surface area contributed by atoms with Crippen LogP contribution in [-0.4, -0.2) is 74.4 Å². The molecule has 11 heteroatoms. The van der Waals surface area contributed by atoms with Gasteiger partial charge in [-0.05, 0) is 56.5 Å². The molecule has 4 rings (SSSR count). The van der Waals surface area contributed by atoms with Crippen LogP contribution >= 0.6 is 0 Å². The zero-order valence-corrected chi connectivity index (χ0v) is 18.8. The monoisotopic (exact) mass is 481 g/mol. The highest BCUT2D eigenvalue weighted by atomic mass is 16.3. The Hall–Kier alpha value is -4.14. The van der Waals surface area contributed by atoms with Gasteiger partial charge in [-0.25, -0.2) is 0 Å². The van der Waals surface area contributed by atoms with E-state index >= 15 is 0 Å². The lowest BCUT2D eigenvalue weighted by atomic mass is 9.57. The van der Waals surface area contributed by atoms with Crippen LogP contribution in [0.5, 0.6) is 5.75 Å². The largest absolute Gasteiger partial charge is 0.508 e. The van der Waals surface area contributed by atoms with Crippen molar-refractivity contribution in [3.8, 4) is 17.6 Å². The van der Waals surface area contributed by atoms with Crippen LogP contribution in [-0.2, 0) is 25.6 Å². The summed E-state index contributed by atoms with van der Waals surface area (Å²) >= 11 is 0. The first-order valence-corrected chi connectivity index (χ1v) is 10.6. The molecule has 3 aliphatic rings. The summed E-state index contributed by atoms with van der Waals surface area (Å²) < 4.78 is 0. The summed E-state index contributed by atoms with van der Waals surface area (Å²) in [5, 5.41) is 43.8. The fraction of sp³-hybridized carbons (Fsp3) is 0.333. The second-order valence-electron chi connectivity index (χ2n) is 9.06. The van der Waals surface area contributed by atoms with Gasteiger partial charge in [0.1, 0.15) is 22.8 Å². The van der Waals surface area contributed by atoms with Gasteiger partial charge >= 0.3 is 0 Å². The van der Waals surface area contributed by atoms with E-state index in [1.54, 1.807) is 0 Å². The molecular formula is C24H23N3O8. The van der Waals surface area contributed by atoms with Crippen molar-refractivity contribution in [2.45, 2.75) is 24.5 Å². The quantitative estimate of drug-likeness (QED) is 0.221. The van der Waals surface area contributed by atoms with E-state index < -0.39 is 64.0 Å². The maximum absolute atomic E-state index is 13.7. The molecule has 0 aliphatic heterocycles. The lowest BCUT2D eigenvalue weighted by molar-refractivity contribution is -0.153. The van der Waals surface area contributed by atoms with Crippen molar-refractivity contribution in [1.82, 2.24) is 4.90 Å². The van der Waals surface area contributed by atoms with E-state index in [1.807, 2.05) is 0 Å². The Labute approximate surface area is 199 Å². The zero-order valence-electron chi connectivity index (χ0n) is 18.8. The Morgan fingerprint density at radius 2 is 1.80 bits per heavy atom. The third-order valence-electron chi connectivity index (χ3n) is 6.92. The maximum atomic E-state index is 13.7. The number of amides is 2. The molecule has 182 valence electrons. The summed E-state index contributed by atoms with van der Waals surface area (Å²) in [6.45, 7) is 0. The molecule has 11 nitrogen and oxygen atoms in total. The van der Waals surface area contributed by atoms with Gasteiger partial charge in [0, 0.05) is 17.1 Å². The highest BCUT2D eigenvalue weighted by molar-refractivity contribution is 6.24. The predicted octanol–water partition coefficient (Wildman–Crippen LogP) is -1.20. The number of fused-ring (bicyclic) bond motifs is 3. The highest BCUT2D eigenvalue weighted by Gasteiger charge is 2.64. The number of rotatable bonds is 2. The standard InChI is InChI=1S/C24H23N3O8/c1-27(2)18-12-8-10-7-11-9(4-6-14(25)29)3-5-13(28)16(11)19(30)15(10)21(32)24(12,35)22(33)17(20(18)31)23(26)34/h3,5,10,12,18,28,30,33,35H,7-8H2,1-2H3,(H2,25,29)(H2,26,34). The SMILES string of the molecule is CN(C)C1C(=O)C(C(N)=O)=C(O)C2(O)C(=O)C3=C(O)c4c(O)ccc(C#CC(N)=O)c4CC3CC12. The van der Waals surface area contributed by atoms with Gasteiger partial charge < -0.3 is 31.9 Å². The van der Waals surface area contributed by atoms with Crippen LogP contribution in [0.15, 0.2) is 29.0 Å². The van der Waals surface area contributed by atoms with Gasteiger partial charge in [-0.1, -0.05) is 5.92 Å². The molecule has 0 aromatic heterocycles. The van der Waals surface area contributed by atoms with E-state index in [4.69, 9.17) is 11.5 Å². The van der Waals surface area contributed by atoms with Gasteiger partial charge in [-0.3, -0.25) is 24.1 Å². The molecule has 3 aliphatic carbocycles. The van der Waals surface area contributed by atoms with Crippen LogP contribution in [0.4, 0.5) is 0 Å². The van der Waals surface area contributed by atoms with E-state index in [0.29, 0.717) is 5.56 Å². The normalized spacial score (nSPS) is 27.6. The Balaban J connectivity index is 1.98. The Kier molecular flexibility index (Phi) is 5.47. The van der Waals surface area contributed by atoms with Crippen molar-refractivity contribution in [2.75, 3.05) is 14.1 Å². The number of nitrogens with zero attached hydrogens (tertiary/aromatic N) is 1. The van der Waals surface area contributed by atoms with Crippen LogP contribution in [0.2, 0.25) is 0 Å². The fourth-order valence-corrected chi connectivity index (χ4v) is 5.49. The second kappa shape index (κ2) is 7.97. The van der Waals surface area contributed by atoms with Crippen molar-refractivity contribution in [1.29, 1.82) is 0 Å². The van der Waals surface area contributed by atoms with Crippen LogP contribution in [0.1, 0.15) is 23.1 Å². The molecule has 1 aromatic carbocycles. The molecular weight excluding hydrogens is 458 g/mol. The molecule has 35 heavy (non-hydrogen) atoms. The topological polar surface area (TPSA) is 204 Å². The summed E-state index contributed by atoms with van der Waals surface area (Å²) in [5.41, 5.74) is 7.06. The number of Topliss-reactive ketones (excluding diaryl/α,β-unsaturated/α-hetero) is 2. The van der Waals surface area contributed by atoms with Crippen molar-refractivity contribution in [3.63, 3.8) is 0 Å². The first-order valence-electron chi connectivity index (χ1n) is 10.6. The Bertz CT molecular complexity index is 1350. The summed E-state index contributed by atoms with van der Waals surface area (Å²) in [6.07, 6.45) is 0.00974. The molecule has 1 saturated carbocycles. The number of carbonyl (C=O) groups is 4. The Morgan fingerprint density at radius 1 is 1.14 bits per heavy atom. The molecule has 0 bridgehead atoms. The number of ketones is 2. The third-order valence-corrected chi connectivity index (χ3v) is 6.92. The average molecular weight is 481 g/mol. The number of likely N-dealkylation sites (N-methyl/N-ethyl adjacent to an activating group) is 1. The Morgan fingerprint density at radius 3 is 2.37 bits per heavy atom. The van der Waals surface area contributed by atoms with Gasteiger partial charge in [-0.15, -0.1) is 0 Å². The number of aromatic hydroxyl groups is 1. The molecule has 4 unspecified atom stereocenters. The summed E-state index contributed by atoms with van der Waals surface area (Å²) in [6, 6.07) is 1.48. The van der Waals surface area contributed by atoms with Gasteiger partial charge in [0.15, 0.2) is 11.4 Å². The summed E-state index contributed by atoms with van der Waals surface area (Å²) in [4.78, 5) is 51.3. The van der Waals surface area contributed by atoms with E-state index in [9.17, 15) is 39.6 Å². The van der Waals surface area contributed by atoms with Crippen LogP contribution in [0, 0.1) is 23.7 Å². The number of carbonyl (C=O) groups excluding carboxylic acids is 4. The lowest BCUT2D eigenvalue weighted by Crippen LogP contribution is -2.65. The molecule has 1 fully saturated rings. The van der Waals surface area contributed by atoms with E-state index in [1.165, 1.54) is 31.1 Å². The summed E-state index contributed by atoms with van der Waals surface area (Å²) in [7, 11) is 3.03.